The average Bonchev–Trinajstić information content (AvgIpc) is 2.33. The lowest BCUT2D eigenvalue weighted by molar-refractivity contribution is -0.132. The van der Waals surface area contributed by atoms with Crippen molar-refractivity contribution in [1.82, 2.24) is 4.90 Å². The first kappa shape index (κ1) is 14.4. The standard InChI is InChI=1S/C14H20N2O2/c1-3-9-16-11-15-8-4-5-12(2)6-7-13(17)10-14(16)18/h4-5,8,11H,3,6-7,9-10H2,1-2H3. The molecule has 1 aliphatic heterocycles. The highest BCUT2D eigenvalue weighted by Gasteiger charge is 2.15. The molecule has 0 N–H and O–H groups in total. The van der Waals surface area contributed by atoms with Crippen LogP contribution < -0.4 is 0 Å². The fraction of sp³-hybridized carbons (Fsp3) is 0.500. The number of aliphatic imine (C=N–C) groups is 1. The maximum Gasteiger partial charge on any atom is 0.235 e. The van der Waals surface area contributed by atoms with E-state index in [9.17, 15) is 9.59 Å². The monoisotopic (exact) mass is 248 g/mol. The maximum atomic E-state index is 11.9. The number of carbonyl (C=O) groups excluding carboxylic acids is 2. The summed E-state index contributed by atoms with van der Waals surface area (Å²) in [6, 6.07) is 0. The van der Waals surface area contributed by atoms with Crippen LogP contribution in [0.15, 0.2) is 28.9 Å². The lowest BCUT2D eigenvalue weighted by Gasteiger charge is -2.16. The zero-order valence-corrected chi connectivity index (χ0v) is 11.1. The first-order valence-electron chi connectivity index (χ1n) is 6.30. The van der Waals surface area contributed by atoms with Gasteiger partial charge in [0.1, 0.15) is 5.78 Å². The van der Waals surface area contributed by atoms with E-state index in [0.29, 0.717) is 19.4 Å². The smallest absolute Gasteiger partial charge is 0.235 e. The van der Waals surface area contributed by atoms with Crippen molar-refractivity contribution in [2.24, 2.45) is 4.99 Å². The molecule has 4 heteroatoms. The van der Waals surface area contributed by atoms with Crippen LogP contribution >= 0.6 is 0 Å². The minimum atomic E-state index is -0.166. The van der Waals surface area contributed by atoms with Crippen LogP contribution in [0.1, 0.15) is 39.5 Å². The highest BCUT2D eigenvalue weighted by molar-refractivity contribution is 6.01. The molecule has 1 amide bonds. The van der Waals surface area contributed by atoms with Crippen molar-refractivity contribution >= 4 is 18.0 Å². The van der Waals surface area contributed by atoms with E-state index < -0.39 is 0 Å². The number of allylic oxidation sites excluding steroid dienone is 3. The zero-order valence-electron chi connectivity index (χ0n) is 11.1. The molecule has 0 unspecified atom stereocenters. The van der Waals surface area contributed by atoms with E-state index in [0.717, 1.165) is 12.0 Å². The van der Waals surface area contributed by atoms with Gasteiger partial charge in [-0.25, -0.2) is 4.99 Å². The van der Waals surface area contributed by atoms with Gasteiger partial charge < -0.3 is 4.90 Å². The van der Waals surface area contributed by atoms with Crippen LogP contribution in [0.4, 0.5) is 0 Å². The van der Waals surface area contributed by atoms with E-state index in [2.05, 4.69) is 4.99 Å². The van der Waals surface area contributed by atoms with Crippen LogP contribution in [0.25, 0.3) is 0 Å². The molecule has 0 radical (unpaired) electrons. The summed E-state index contributed by atoms with van der Waals surface area (Å²) in [6.45, 7) is 4.55. The highest BCUT2D eigenvalue weighted by atomic mass is 16.2. The van der Waals surface area contributed by atoms with Gasteiger partial charge in [-0.3, -0.25) is 9.59 Å². The van der Waals surface area contributed by atoms with Crippen molar-refractivity contribution in [3.63, 3.8) is 0 Å². The molecule has 0 atom stereocenters. The van der Waals surface area contributed by atoms with E-state index in [1.54, 1.807) is 6.20 Å². The number of ketones is 1. The second-order valence-electron chi connectivity index (χ2n) is 4.42. The molecule has 0 spiro atoms. The summed E-state index contributed by atoms with van der Waals surface area (Å²) in [4.78, 5) is 29.1. The van der Waals surface area contributed by atoms with E-state index >= 15 is 0 Å². The number of hydrogen-bond acceptors (Lipinski definition) is 3. The normalized spacial score (nSPS) is 18.3. The van der Waals surface area contributed by atoms with Crippen LogP contribution in [0.3, 0.4) is 0 Å². The minimum Gasteiger partial charge on any atom is -0.303 e. The molecule has 0 fully saturated rings. The molecule has 1 rings (SSSR count). The van der Waals surface area contributed by atoms with Crippen molar-refractivity contribution in [3.05, 3.63) is 23.9 Å². The van der Waals surface area contributed by atoms with Crippen molar-refractivity contribution in [1.29, 1.82) is 0 Å². The Morgan fingerprint density at radius 1 is 1.33 bits per heavy atom. The maximum absolute atomic E-state index is 11.9. The number of nitrogens with zero attached hydrogens (tertiary/aromatic N) is 2. The van der Waals surface area contributed by atoms with Crippen molar-refractivity contribution in [3.8, 4) is 0 Å². The number of Topliss-reactive ketones (excluding diaryl/α,β-unsaturated/α-hetero) is 1. The summed E-state index contributed by atoms with van der Waals surface area (Å²) in [5.41, 5.74) is 1.12. The van der Waals surface area contributed by atoms with Gasteiger partial charge in [0, 0.05) is 19.2 Å². The molecule has 0 aromatic rings. The molecule has 0 bridgehead atoms. The quantitative estimate of drug-likeness (QED) is 0.705. The van der Waals surface area contributed by atoms with Gasteiger partial charge in [0.05, 0.1) is 12.8 Å². The Balaban J connectivity index is 2.84. The Morgan fingerprint density at radius 2 is 2.11 bits per heavy atom. The number of carbonyl (C=O) groups is 2. The summed E-state index contributed by atoms with van der Waals surface area (Å²) in [5, 5.41) is 0. The zero-order chi connectivity index (χ0) is 13.4. The van der Waals surface area contributed by atoms with Crippen LogP contribution in [-0.2, 0) is 9.59 Å². The van der Waals surface area contributed by atoms with Gasteiger partial charge in [-0.05, 0) is 25.8 Å². The Morgan fingerprint density at radius 3 is 2.83 bits per heavy atom. The first-order chi connectivity index (χ1) is 8.63. The number of amides is 1. The third kappa shape index (κ3) is 5.08. The molecule has 0 aromatic carbocycles. The summed E-state index contributed by atoms with van der Waals surface area (Å²) >= 11 is 0. The molecule has 0 aliphatic carbocycles. The molecule has 0 saturated heterocycles. The third-order valence-electron chi connectivity index (χ3n) is 2.69. The van der Waals surface area contributed by atoms with Crippen LogP contribution in [0.5, 0.6) is 0 Å². The van der Waals surface area contributed by atoms with Gasteiger partial charge in [-0.2, -0.15) is 0 Å². The average molecular weight is 248 g/mol. The lowest BCUT2D eigenvalue weighted by Crippen LogP contribution is -2.32. The van der Waals surface area contributed by atoms with Gasteiger partial charge in [0.2, 0.25) is 5.91 Å². The molecule has 4 nitrogen and oxygen atoms in total. The predicted molar refractivity (Wildman–Crippen MR) is 72.3 cm³/mol. The fourth-order valence-electron chi connectivity index (χ4n) is 1.64. The SMILES string of the molecule is CCCN1C=NC=CC=C(C)CCC(=O)CC1=O. The Bertz CT molecular complexity index is 395. The Kier molecular flexibility index (Phi) is 6.05. The van der Waals surface area contributed by atoms with Gasteiger partial charge in [0.15, 0.2) is 0 Å². The first-order valence-corrected chi connectivity index (χ1v) is 6.30. The number of hydrogen-bond donors (Lipinski definition) is 0. The van der Waals surface area contributed by atoms with Gasteiger partial charge >= 0.3 is 0 Å². The van der Waals surface area contributed by atoms with Gasteiger partial charge in [-0.15, -0.1) is 0 Å². The summed E-state index contributed by atoms with van der Waals surface area (Å²) in [6.07, 6.45) is 8.87. The summed E-state index contributed by atoms with van der Waals surface area (Å²) < 4.78 is 0. The fourth-order valence-corrected chi connectivity index (χ4v) is 1.64. The van der Waals surface area contributed by atoms with E-state index in [-0.39, 0.29) is 18.1 Å². The number of rotatable bonds is 2. The van der Waals surface area contributed by atoms with Gasteiger partial charge in [0.25, 0.3) is 0 Å². The summed E-state index contributed by atoms with van der Waals surface area (Å²) in [5.74, 6) is -0.173. The Hall–Kier alpha value is -1.71. The van der Waals surface area contributed by atoms with E-state index in [1.165, 1.54) is 11.2 Å². The van der Waals surface area contributed by atoms with Crippen molar-refractivity contribution in [2.45, 2.75) is 39.5 Å². The van der Waals surface area contributed by atoms with Crippen LogP contribution in [0.2, 0.25) is 0 Å². The molecule has 18 heavy (non-hydrogen) atoms. The largest absolute Gasteiger partial charge is 0.303 e. The molecule has 1 aliphatic rings. The topological polar surface area (TPSA) is 49.7 Å². The summed E-state index contributed by atoms with van der Waals surface area (Å²) in [7, 11) is 0. The lowest BCUT2D eigenvalue weighted by atomic mass is 10.1. The molecule has 0 aromatic heterocycles. The second-order valence-corrected chi connectivity index (χ2v) is 4.42. The predicted octanol–water partition coefficient (Wildman–Crippen LogP) is 2.47. The van der Waals surface area contributed by atoms with Crippen LogP contribution in [-0.4, -0.2) is 29.5 Å². The van der Waals surface area contributed by atoms with Crippen LogP contribution in [0, 0.1) is 0 Å². The Labute approximate surface area is 108 Å². The third-order valence-corrected chi connectivity index (χ3v) is 2.69. The molecule has 0 saturated carbocycles. The second kappa shape index (κ2) is 7.58. The van der Waals surface area contributed by atoms with E-state index in [1.807, 2.05) is 26.0 Å². The van der Waals surface area contributed by atoms with E-state index in [4.69, 9.17) is 0 Å². The molecular formula is C14H20N2O2. The minimum absolute atomic E-state index is 0.00759. The van der Waals surface area contributed by atoms with Gasteiger partial charge in [-0.1, -0.05) is 18.6 Å². The van der Waals surface area contributed by atoms with Crippen molar-refractivity contribution < 1.29 is 9.59 Å². The molecular weight excluding hydrogens is 228 g/mol. The highest BCUT2D eigenvalue weighted by Crippen LogP contribution is 2.08. The molecule has 1 heterocycles. The molecule has 98 valence electrons. The van der Waals surface area contributed by atoms with Crippen molar-refractivity contribution in [2.75, 3.05) is 6.54 Å².